The molecular formula is C20H21NO5. The molecule has 6 heteroatoms. The van der Waals surface area contributed by atoms with Gasteiger partial charge in [-0.25, -0.2) is 9.59 Å². The van der Waals surface area contributed by atoms with E-state index in [-0.39, 0.29) is 11.1 Å². The van der Waals surface area contributed by atoms with Crippen LogP contribution in [0, 0.1) is 11.8 Å². The lowest BCUT2D eigenvalue weighted by molar-refractivity contribution is -0.139. The van der Waals surface area contributed by atoms with E-state index in [1.807, 2.05) is 6.08 Å². The average Bonchev–Trinajstić information content (AvgIpc) is 3.25. The topological polar surface area (TPSA) is 73.9 Å². The van der Waals surface area contributed by atoms with Crippen molar-refractivity contribution < 1.29 is 23.8 Å². The summed E-state index contributed by atoms with van der Waals surface area (Å²) in [4.78, 5) is 24.8. The molecule has 0 aromatic carbocycles. The van der Waals surface area contributed by atoms with E-state index in [1.165, 1.54) is 14.2 Å². The number of carbonyl (C=O) groups excluding carboxylic acids is 2. The molecule has 1 aliphatic carbocycles. The normalized spacial score (nSPS) is 26.7. The zero-order chi connectivity index (χ0) is 18.7. The highest BCUT2D eigenvalue weighted by Crippen LogP contribution is 2.46. The summed E-state index contributed by atoms with van der Waals surface area (Å²) < 4.78 is 15.9. The summed E-state index contributed by atoms with van der Waals surface area (Å²) in [7, 11) is 2.54. The van der Waals surface area contributed by atoms with Crippen LogP contribution in [0.25, 0.3) is 0 Å². The van der Waals surface area contributed by atoms with Crippen molar-refractivity contribution in [3.8, 4) is 11.8 Å². The van der Waals surface area contributed by atoms with E-state index in [2.05, 4.69) is 29.3 Å². The monoisotopic (exact) mass is 355 g/mol. The molecule has 26 heavy (non-hydrogen) atoms. The number of hydrogen-bond acceptors (Lipinski definition) is 6. The van der Waals surface area contributed by atoms with Gasteiger partial charge in [0.2, 0.25) is 0 Å². The minimum absolute atomic E-state index is 0.139. The van der Waals surface area contributed by atoms with E-state index < -0.39 is 29.7 Å². The summed E-state index contributed by atoms with van der Waals surface area (Å²) in [6.45, 7) is 1.71. The van der Waals surface area contributed by atoms with E-state index in [0.29, 0.717) is 0 Å². The number of fused-ring (bicyclic) bond motifs is 2. The first-order chi connectivity index (χ1) is 12.6. The summed E-state index contributed by atoms with van der Waals surface area (Å²) in [5.41, 5.74) is -0.00886. The minimum atomic E-state index is -1.21. The fraction of sp³-hybridized carbons (Fsp3) is 0.400. The lowest BCUT2D eigenvalue weighted by Crippen LogP contribution is -2.50. The van der Waals surface area contributed by atoms with Gasteiger partial charge in [0.25, 0.3) is 0 Å². The smallest absolute Gasteiger partial charge is 0.337 e. The molecule has 3 unspecified atom stereocenters. The average molecular weight is 355 g/mol. The molecule has 0 saturated carbocycles. The lowest BCUT2D eigenvalue weighted by atomic mass is 9.81. The van der Waals surface area contributed by atoms with E-state index in [0.717, 1.165) is 18.5 Å². The van der Waals surface area contributed by atoms with Crippen LogP contribution in [0.2, 0.25) is 0 Å². The van der Waals surface area contributed by atoms with Crippen LogP contribution in [0.15, 0.2) is 47.2 Å². The van der Waals surface area contributed by atoms with Crippen LogP contribution in [0.1, 0.15) is 19.8 Å². The van der Waals surface area contributed by atoms with Crippen LogP contribution in [-0.4, -0.2) is 43.9 Å². The molecule has 0 fully saturated rings. The molecule has 3 atom stereocenters. The third-order valence-electron chi connectivity index (χ3n) is 4.60. The zero-order valence-corrected chi connectivity index (χ0v) is 15.0. The van der Waals surface area contributed by atoms with Crippen LogP contribution in [0.3, 0.4) is 0 Å². The molecule has 0 aromatic rings. The van der Waals surface area contributed by atoms with Gasteiger partial charge in [0.15, 0.2) is 5.60 Å². The fourth-order valence-corrected chi connectivity index (χ4v) is 3.46. The maximum absolute atomic E-state index is 12.5. The molecule has 0 spiro atoms. The number of ether oxygens (including phenoxy) is 3. The Hall–Kier alpha value is -2.78. The molecule has 2 heterocycles. The van der Waals surface area contributed by atoms with Crippen molar-refractivity contribution >= 4 is 11.9 Å². The van der Waals surface area contributed by atoms with Crippen molar-refractivity contribution in [3.05, 3.63) is 47.2 Å². The summed E-state index contributed by atoms with van der Waals surface area (Å²) in [6, 6.07) is -0.570. The third-order valence-corrected chi connectivity index (χ3v) is 4.60. The quantitative estimate of drug-likeness (QED) is 0.458. The Morgan fingerprint density at radius 1 is 1.31 bits per heavy atom. The summed E-state index contributed by atoms with van der Waals surface area (Å²) in [5, 5.41) is 3.33. The first-order valence-electron chi connectivity index (χ1n) is 8.41. The van der Waals surface area contributed by atoms with Crippen molar-refractivity contribution in [3.63, 3.8) is 0 Å². The zero-order valence-electron chi connectivity index (χ0n) is 15.0. The van der Waals surface area contributed by atoms with Crippen molar-refractivity contribution in [1.82, 2.24) is 5.32 Å². The molecule has 136 valence electrons. The summed E-state index contributed by atoms with van der Waals surface area (Å²) in [6.07, 6.45) is 10.9. The Morgan fingerprint density at radius 3 is 2.69 bits per heavy atom. The van der Waals surface area contributed by atoms with Gasteiger partial charge in [-0.3, -0.25) is 0 Å². The minimum Gasteiger partial charge on any atom is -0.466 e. The van der Waals surface area contributed by atoms with Gasteiger partial charge in [-0.2, -0.15) is 0 Å². The first-order valence-corrected chi connectivity index (χ1v) is 8.41. The molecule has 0 radical (unpaired) electrons. The van der Waals surface area contributed by atoms with Gasteiger partial charge in [0, 0.05) is 5.70 Å². The van der Waals surface area contributed by atoms with Crippen molar-refractivity contribution in [1.29, 1.82) is 0 Å². The second kappa shape index (κ2) is 7.22. The Bertz CT molecular complexity index is 808. The van der Waals surface area contributed by atoms with Crippen molar-refractivity contribution in [2.45, 2.75) is 37.5 Å². The Balaban J connectivity index is 2.07. The van der Waals surface area contributed by atoms with Gasteiger partial charge >= 0.3 is 11.9 Å². The number of nitrogens with one attached hydrogen (secondary N) is 1. The number of rotatable bonds is 5. The number of carbonyl (C=O) groups is 2. The summed E-state index contributed by atoms with van der Waals surface area (Å²) >= 11 is 0. The second-order valence-electron chi connectivity index (χ2n) is 6.07. The Morgan fingerprint density at radius 2 is 2.08 bits per heavy atom. The highest BCUT2D eigenvalue weighted by Gasteiger charge is 2.58. The second-order valence-corrected chi connectivity index (χ2v) is 6.07. The Labute approximate surface area is 152 Å². The summed E-state index contributed by atoms with van der Waals surface area (Å²) in [5.74, 6) is 4.71. The van der Waals surface area contributed by atoms with E-state index in [4.69, 9.17) is 14.2 Å². The molecule has 0 saturated heterocycles. The van der Waals surface area contributed by atoms with Gasteiger partial charge in [0.1, 0.15) is 12.1 Å². The standard InChI is InChI=1S/C20H21NO5/c1-4-8-15(21-13-9-6-5-7-10-13)20-12-11-14(26-20)16(18(22)24-2)17(20)19(23)25-3/h6,9-12,14-15,21H,5,7H2,1-3H3. The molecule has 1 N–H and O–H groups in total. The van der Waals surface area contributed by atoms with Gasteiger partial charge in [-0.05, 0) is 31.9 Å². The third kappa shape index (κ3) is 2.85. The highest BCUT2D eigenvalue weighted by molar-refractivity contribution is 6.05. The molecule has 2 aliphatic heterocycles. The molecule has 0 aromatic heterocycles. The first kappa shape index (κ1) is 18.0. The molecule has 0 amide bonds. The molecule has 6 nitrogen and oxygen atoms in total. The predicted molar refractivity (Wildman–Crippen MR) is 94.6 cm³/mol. The van der Waals surface area contributed by atoms with E-state index in [9.17, 15) is 9.59 Å². The predicted octanol–water partition coefficient (Wildman–Crippen LogP) is 1.55. The van der Waals surface area contributed by atoms with Crippen LogP contribution in [-0.2, 0) is 23.8 Å². The van der Waals surface area contributed by atoms with E-state index in [1.54, 1.807) is 19.1 Å². The number of methoxy groups -OCH3 is 2. The highest BCUT2D eigenvalue weighted by atomic mass is 16.6. The lowest BCUT2D eigenvalue weighted by Gasteiger charge is -2.33. The van der Waals surface area contributed by atoms with Crippen LogP contribution >= 0.6 is 0 Å². The Kier molecular flexibility index (Phi) is 5.01. The maximum Gasteiger partial charge on any atom is 0.337 e. The number of allylic oxidation sites excluding steroid dienone is 3. The molecule has 2 bridgehead atoms. The van der Waals surface area contributed by atoms with Crippen LogP contribution < -0.4 is 5.32 Å². The maximum atomic E-state index is 12.5. The SMILES string of the molecule is CC#CC(NC1=CCCC=C1)C12C=CC(O1)C(C(=O)OC)=C2C(=O)OC. The van der Waals surface area contributed by atoms with Gasteiger partial charge < -0.3 is 19.5 Å². The fourth-order valence-electron chi connectivity index (χ4n) is 3.46. The van der Waals surface area contributed by atoms with Crippen molar-refractivity contribution in [2.24, 2.45) is 0 Å². The van der Waals surface area contributed by atoms with Gasteiger partial charge in [-0.1, -0.05) is 24.1 Å². The van der Waals surface area contributed by atoms with E-state index >= 15 is 0 Å². The van der Waals surface area contributed by atoms with Gasteiger partial charge in [-0.15, -0.1) is 5.92 Å². The number of esters is 2. The largest absolute Gasteiger partial charge is 0.466 e. The van der Waals surface area contributed by atoms with Crippen molar-refractivity contribution in [2.75, 3.05) is 14.2 Å². The van der Waals surface area contributed by atoms with Crippen LogP contribution in [0.5, 0.6) is 0 Å². The molecular weight excluding hydrogens is 334 g/mol. The van der Waals surface area contributed by atoms with Crippen LogP contribution in [0.4, 0.5) is 0 Å². The van der Waals surface area contributed by atoms with Gasteiger partial charge in [0.05, 0.1) is 25.4 Å². The number of hydrogen-bond donors (Lipinski definition) is 1. The molecule has 3 aliphatic rings. The molecule has 3 rings (SSSR count).